The molecule has 1 atom stereocenters. The number of rotatable bonds is 6. The van der Waals surface area contributed by atoms with Crippen LogP contribution >= 0.6 is 0 Å². The van der Waals surface area contributed by atoms with Crippen molar-refractivity contribution in [2.75, 3.05) is 23.4 Å². The maximum Gasteiger partial charge on any atom is 0.311 e. The van der Waals surface area contributed by atoms with E-state index in [1.165, 1.54) is 29.8 Å². The number of ether oxygens (including phenoxy) is 1. The zero-order valence-corrected chi connectivity index (χ0v) is 15.5. The van der Waals surface area contributed by atoms with Crippen molar-refractivity contribution in [2.24, 2.45) is 5.92 Å². The molecule has 1 N–H and O–H groups in total. The Hall–Kier alpha value is -3.22. The Morgan fingerprint density at radius 2 is 1.82 bits per heavy atom. The third-order valence-electron chi connectivity index (χ3n) is 4.59. The van der Waals surface area contributed by atoms with Crippen molar-refractivity contribution in [3.63, 3.8) is 0 Å². The zero-order valence-electron chi connectivity index (χ0n) is 15.5. The van der Waals surface area contributed by atoms with Crippen molar-refractivity contribution in [1.82, 2.24) is 0 Å². The van der Waals surface area contributed by atoms with E-state index in [9.17, 15) is 18.8 Å². The molecule has 0 bridgehead atoms. The Morgan fingerprint density at radius 1 is 1.14 bits per heavy atom. The SMILES string of the molecule is CCc1ccc(N2CC(C(=O)OCC(=O)Nc3ccc(F)cc3)CC2=O)cc1. The molecule has 1 aliphatic rings. The largest absolute Gasteiger partial charge is 0.455 e. The highest BCUT2D eigenvalue weighted by atomic mass is 19.1. The molecule has 1 aliphatic heterocycles. The number of benzene rings is 2. The average molecular weight is 384 g/mol. The van der Waals surface area contributed by atoms with Gasteiger partial charge in [0.15, 0.2) is 6.61 Å². The maximum absolute atomic E-state index is 12.9. The molecule has 3 rings (SSSR count). The van der Waals surface area contributed by atoms with Crippen LogP contribution in [-0.4, -0.2) is 30.9 Å². The molecule has 7 heteroatoms. The van der Waals surface area contributed by atoms with Crippen LogP contribution in [0.5, 0.6) is 0 Å². The standard InChI is InChI=1S/C21H21FN2O4/c1-2-14-3-9-18(10-4-14)24-12-15(11-20(24)26)21(27)28-13-19(25)23-17-7-5-16(22)6-8-17/h3-10,15H,2,11-13H2,1H3,(H,23,25). The van der Waals surface area contributed by atoms with Gasteiger partial charge in [-0.25, -0.2) is 4.39 Å². The highest BCUT2D eigenvalue weighted by Gasteiger charge is 2.36. The van der Waals surface area contributed by atoms with Gasteiger partial charge in [-0.15, -0.1) is 0 Å². The van der Waals surface area contributed by atoms with E-state index in [1.54, 1.807) is 4.90 Å². The number of hydrogen-bond acceptors (Lipinski definition) is 4. The van der Waals surface area contributed by atoms with Gasteiger partial charge in [0.2, 0.25) is 5.91 Å². The fourth-order valence-electron chi connectivity index (χ4n) is 3.01. The molecule has 6 nitrogen and oxygen atoms in total. The summed E-state index contributed by atoms with van der Waals surface area (Å²) < 4.78 is 17.9. The average Bonchev–Trinajstić information content (AvgIpc) is 3.10. The van der Waals surface area contributed by atoms with E-state index in [1.807, 2.05) is 31.2 Å². The smallest absolute Gasteiger partial charge is 0.311 e. The second-order valence-corrected chi connectivity index (χ2v) is 6.59. The van der Waals surface area contributed by atoms with E-state index in [4.69, 9.17) is 4.74 Å². The Kier molecular flexibility index (Phi) is 6.03. The summed E-state index contributed by atoms with van der Waals surface area (Å²) in [5, 5.41) is 2.51. The molecule has 1 heterocycles. The number of carbonyl (C=O) groups excluding carboxylic acids is 3. The van der Waals surface area contributed by atoms with Gasteiger partial charge >= 0.3 is 5.97 Å². The molecule has 0 saturated carbocycles. The van der Waals surface area contributed by atoms with Crippen LogP contribution < -0.4 is 10.2 Å². The van der Waals surface area contributed by atoms with E-state index < -0.39 is 30.2 Å². The van der Waals surface area contributed by atoms with Crippen LogP contribution in [-0.2, 0) is 25.5 Å². The van der Waals surface area contributed by atoms with Gasteiger partial charge in [-0.2, -0.15) is 0 Å². The molecule has 0 spiro atoms. The number of aryl methyl sites for hydroxylation is 1. The van der Waals surface area contributed by atoms with Crippen molar-refractivity contribution >= 4 is 29.2 Å². The lowest BCUT2D eigenvalue weighted by Gasteiger charge is -2.17. The van der Waals surface area contributed by atoms with Crippen molar-refractivity contribution in [3.05, 3.63) is 59.9 Å². The first-order chi connectivity index (χ1) is 13.5. The molecule has 1 unspecified atom stereocenters. The van der Waals surface area contributed by atoms with Crippen LogP contribution in [0.25, 0.3) is 0 Å². The Morgan fingerprint density at radius 3 is 2.46 bits per heavy atom. The van der Waals surface area contributed by atoms with Gasteiger partial charge < -0.3 is 15.0 Å². The number of halogens is 1. The zero-order chi connectivity index (χ0) is 20.1. The number of nitrogens with one attached hydrogen (secondary N) is 1. The number of carbonyl (C=O) groups is 3. The van der Waals surface area contributed by atoms with Gasteiger partial charge in [0.25, 0.3) is 5.91 Å². The first kappa shape index (κ1) is 19.5. The fourth-order valence-corrected chi connectivity index (χ4v) is 3.01. The summed E-state index contributed by atoms with van der Waals surface area (Å²) in [6.45, 7) is 1.81. The fraction of sp³-hybridized carbons (Fsp3) is 0.286. The molecule has 0 aromatic heterocycles. The van der Waals surface area contributed by atoms with Gasteiger partial charge in [0.1, 0.15) is 5.82 Å². The number of amides is 2. The van der Waals surface area contributed by atoms with Crippen molar-refractivity contribution in [1.29, 1.82) is 0 Å². The van der Waals surface area contributed by atoms with Crippen molar-refractivity contribution in [2.45, 2.75) is 19.8 Å². The van der Waals surface area contributed by atoms with Crippen LogP contribution in [0.4, 0.5) is 15.8 Å². The quantitative estimate of drug-likeness (QED) is 0.777. The molecule has 0 radical (unpaired) electrons. The summed E-state index contributed by atoms with van der Waals surface area (Å²) in [7, 11) is 0. The minimum absolute atomic E-state index is 0.0495. The number of hydrogen-bond donors (Lipinski definition) is 1. The third-order valence-corrected chi connectivity index (χ3v) is 4.59. The normalized spacial score (nSPS) is 16.1. The summed E-state index contributed by atoms with van der Waals surface area (Å²) in [4.78, 5) is 37.9. The second-order valence-electron chi connectivity index (χ2n) is 6.59. The maximum atomic E-state index is 12.9. The summed E-state index contributed by atoms with van der Waals surface area (Å²) in [5.74, 6) is -2.30. The van der Waals surface area contributed by atoms with E-state index >= 15 is 0 Å². The van der Waals surface area contributed by atoms with E-state index in [2.05, 4.69) is 5.32 Å². The lowest BCUT2D eigenvalue weighted by Crippen LogP contribution is -2.28. The topological polar surface area (TPSA) is 75.7 Å². The van der Waals surface area contributed by atoms with Crippen LogP contribution in [0.3, 0.4) is 0 Å². The monoisotopic (exact) mass is 384 g/mol. The highest BCUT2D eigenvalue weighted by Crippen LogP contribution is 2.26. The van der Waals surface area contributed by atoms with E-state index in [0.717, 1.165) is 12.1 Å². The number of esters is 1. The summed E-state index contributed by atoms with van der Waals surface area (Å²) in [6, 6.07) is 12.9. The molecule has 2 aromatic rings. The predicted octanol–water partition coefficient (Wildman–Crippen LogP) is 2.92. The lowest BCUT2D eigenvalue weighted by molar-refractivity contribution is -0.151. The van der Waals surface area contributed by atoms with Gasteiger partial charge in [0, 0.05) is 24.3 Å². The van der Waals surface area contributed by atoms with E-state index in [-0.39, 0.29) is 18.9 Å². The third kappa shape index (κ3) is 4.73. The van der Waals surface area contributed by atoms with Crippen LogP contribution in [0, 0.1) is 11.7 Å². The summed E-state index contributed by atoms with van der Waals surface area (Å²) in [6.07, 6.45) is 0.955. The highest BCUT2D eigenvalue weighted by molar-refractivity contribution is 6.00. The molecule has 28 heavy (non-hydrogen) atoms. The summed E-state index contributed by atoms with van der Waals surface area (Å²) >= 11 is 0. The van der Waals surface area contributed by atoms with E-state index in [0.29, 0.717) is 5.69 Å². The van der Waals surface area contributed by atoms with Gasteiger partial charge in [-0.05, 0) is 48.4 Å². The Bertz CT molecular complexity index is 865. The van der Waals surface area contributed by atoms with Crippen molar-refractivity contribution in [3.8, 4) is 0 Å². The molecular formula is C21H21FN2O4. The van der Waals surface area contributed by atoms with Gasteiger partial charge in [-0.1, -0.05) is 19.1 Å². The first-order valence-electron chi connectivity index (χ1n) is 9.07. The lowest BCUT2D eigenvalue weighted by atomic mass is 10.1. The van der Waals surface area contributed by atoms with Crippen molar-refractivity contribution < 1.29 is 23.5 Å². The summed E-state index contributed by atoms with van der Waals surface area (Å²) in [5.41, 5.74) is 2.31. The molecule has 1 saturated heterocycles. The Balaban J connectivity index is 1.51. The Labute approximate surface area is 162 Å². The minimum atomic E-state index is -0.614. The number of nitrogens with zero attached hydrogens (tertiary/aromatic N) is 1. The molecule has 1 fully saturated rings. The van der Waals surface area contributed by atoms with Crippen LogP contribution in [0.1, 0.15) is 18.9 Å². The molecule has 2 amide bonds. The van der Waals surface area contributed by atoms with Crippen LogP contribution in [0.15, 0.2) is 48.5 Å². The van der Waals surface area contributed by atoms with Crippen LogP contribution in [0.2, 0.25) is 0 Å². The molecule has 146 valence electrons. The molecule has 0 aliphatic carbocycles. The predicted molar refractivity (Wildman–Crippen MR) is 102 cm³/mol. The van der Waals surface area contributed by atoms with Gasteiger partial charge in [0.05, 0.1) is 5.92 Å². The first-order valence-corrected chi connectivity index (χ1v) is 9.07. The minimum Gasteiger partial charge on any atom is -0.455 e. The molecular weight excluding hydrogens is 363 g/mol. The van der Waals surface area contributed by atoms with Gasteiger partial charge in [-0.3, -0.25) is 14.4 Å². The second kappa shape index (κ2) is 8.65. The number of anilines is 2. The molecule has 2 aromatic carbocycles.